The molecule has 0 saturated carbocycles. The molecule has 138 valence electrons. The molecule has 3 heteroatoms. The Labute approximate surface area is 160 Å². The fourth-order valence-electron chi connectivity index (χ4n) is 3.87. The summed E-state index contributed by atoms with van der Waals surface area (Å²) in [4.78, 5) is 0. The van der Waals surface area contributed by atoms with Gasteiger partial charge in [0.25, 0.3) is 0 Å². The monoisotopic (exact) mass is 359 g/mol. The van der Waals surface area contributed by atoms with Crippen LogP contribution in [0.5, 0.6) is 11.5 Å². The van der Waals surface area contributed by atoms with Crippen LogP contribution in [0.15, 0.2) is 60.7 Å². The maximum atomic E-state index is 5.67. The number of hydrogen-bond donors (Lipinski definition) is 0. The Morgan fingerprint density at radius 2 is 1.56 bits per heavy atom. The third kappa shape index (κ3) is 2.74. The fourth-order valence-corrected chi connectivity index (χ4v) is 3.87. The maximum absolute atomic E-state index is 5.67. The Balaban J connectivity index is 2.22. The van der Waals surface area contributed by atoms with Gasteiger partial charge < -0.3 is 14.0 Å². The van der Waals surface area contributed by atoms with Gasteiger partial charge >= 0.3 is 0 Å². The number of methoxy groups -OCH3 is 2. The van der Waals surface area contributed by atoms with E-state index in [0.29, 0.717) is 0 Å². The third-order valence-corrected chi connectivity index (χ3v) is 5.13. The summed E-state index contributed by atoms with van der Waals surface area (Å²) in [6, 6.07) is 21.0. The number of nitrogens with zero attached hydrogens (tertiary/aromatic N) is 1. The predicted molar refractivity (Wildman–Crippen MR) is 113 cm³/mol. The molecule has 0 spiro atoms. The Kier molecular flexibility index (Phi) is 4.11. The summed E-state index contributed by atoms with van der Waals surface area (Å²) in [6.45, 7) is 6.78. The molecule has 3 nitrogen and oxygen atoms in total. The smallest absolute Gasteiger partial charge is 0.142 e. The molecule has 0 fully saturated rings. The number of ether oxygens (including phenoxy) is 2. The van der Waals surface area contributed by atoms with Crippen LogP contribution in [-0.4, -0.2) is 18.8 Å². The van der Waals surface area contributed by atoms with Crippen molar-refractivity contribution < 1.29 is 9.47 Å². The predicted octanol–water partition coefficient (Wildman–Crippen LogP) is 6.10. The molecule has 4 rings (SSSR count). The fraction of sp³-hybridized carbons (Fsp3) is 0.250. The van der Waals surface area contributed by atoms with Crippen molar-refractivity contribution in [2.45, 2.75) is 26.2 Å². The lowest BCUT2D eigenvalue weighted by molar-refractivity contribution is 0.413. The zero-order valence-electron chi connectivity index (χ0n) is 16.5. The summed E-state index contributed by atoms with van der Waals surface area (Å²) in [5.41, 5.74) is 4.70. The second-order valence-corrected chi connectivity index (χ2v) is 7.84. The number of benzene rings is 3. The number of fused-ring (bicyclic) bond motifs is 3. The van der Waals surface area contributed by atoms with E-state index in [4.69, 9.17) is 9.47 Å². The molecule has 3 aromatic carbocycles. The first-order valence-electron chi connectivity index (χ1n) is 9.20. The van der Waals surface area contributed by atoms with Crippen molar-refractivity contribution in [2.75, 3.05) is 14.2 Å². The van der Waals surface area contributed by atoms with Crippen molar-refractivity contribution in [2.24, 2.45) is 0 Å². The largest absolute Gasteiger partial charge is 0.497 e. The van der Waals surface area contributed by atoms with Crippen molar-refractivity contribution >= 4 is 21.8 Å². The van der Waals surface area contributed by atoms with Crippen LogP contribution in [0, 0.1) is 0 Å². The molecular weight excluding hydrogens is 334 g/mol. The van der Waals surface area contributed by atoms with Gasteiger partial charge in [-0.15, -0.1) is 0 Å². The zero-order valence-corrected chi connectivity index (χ0v) is 16.5. The molecule has 0 aliphatic rings. The first-order valence-corrected chi connectivity index (χ1v) is 9.20. The summed E-state index contributed by atoms with van der Waals surface area (Å²) < 4.78 is 13.5. The van der Waals surface area contributed by atoms with E-state index in [1.807, 2.05) is 24.3 Å². The second kappa shape index (κ2) is 6.34. The lowest BCUT2D eigenvalue weighted by Gasteiger charge is -2.20. The van der Waals surface area contributed by atoms with Gasteiger partial charge in [0.2, 0.25) is 0 Å². The molecule has 0 atom stereocenters. The molecule has 0 aliphatic carbocycles. The number of para-hydroxylation sites is 2. The molecule has 0 unspecified atom stereocenters. The standard InChI is InChI=1S/C24H25NO2/c1-24(2,3)18-9-8-11-20-23(18)17-14-13-16(26-4)15-21(17)25(20)19-10-6-7-12-22(19)27-5/h6-15H,1-5H3. The molecule has 27 heavy (non-hydrogen) atoms. The van der Waals surface area contributed by atoms with Crippen molar-refractivity contribution in [1.82, 2.24) is 4.57 Å². The summed E-state index contributed by atoms with van der Waals surface area (Å²) in [5, 5.41) is 2.51. The molecule has 1 aromatic heterocycles. The van der Waals surface area contributed by atoms with Crippen LogP contribution in [0.25, 0.3) is 27.5 Å². The molecule has 0 bridgehead atoms. The minimum atomic E-state index is 0.0410. The molecule has 0 saturated heterocycles. The van der Waals surface area contributed by atoms with Crippen LogP contribution >= 0.6 is 0 Å². The van der Waals surface area contributed by atoms with Crippen LogP contribution in [0.2, 0.25) is 0 Å². The van der Waals surface area contributed by atoms with E-state index in [2.05, 4.69) is 61.7 Å². The minimum absolute atomic E-state index is 0.0410. The van der Waals surface area contributed by atoms with Crippen LogP contribution in [-0.2, 0) is 5.41 Å². The van der Waals surface area contributed by atoms with Crippen molar-refractivity contribution in [3.8, 4) is 17.2 Å². The molecule has 0 amide bonds. The lowest BCUT2D eigenvalue weighted by Crippen LogP contribution is -2.11. The Bertz CT molecular complexity index is 1130. The van der Waals surface area contributed by atoms with E-state index in [-0.39, 0.29) is 5.41 Å². The van der Waals surface area contributed by atoms with E-state index in [0.717, 1.165) is 22.7 Å². The van der Waals surface area contributed by atoms with E-state index < -0.39 is 0 Å². The van der Waals surface area contributed by atoms with Gasteiger partial charge in [0.1, 0.15) is 11.5 Å². The van der Waals surface area contributed by atoms with Gasteiger partial charge in [-0.3, -0.25) is 0 Å². The second-order valence-electron chi connectivity index (χ2n) is 7.84. The number of hydrogen-bond acceptors (Lipinski definition) is 2. The van der Waals surface area contributed by atoms with Crippen molar-refractivity contribution in [3.05, 3.63) is 66.2 Å². The number of rotatable bonds is 3. The van der Waals surface area contributed by atoms with Crippen molar-refractivity contribution in [1.29, 1.82) is 0 Å². The molecule has 0 aliphatic heterocycles. The van der Waals surface area contributed by atoms with Gasteiger partial charge in [-0.1, -0.05) is 45.0 Å². The highest BCUT2D eigenvalue weighted by Gasteiger charge is 2.23. The SMILES string of the molecule is COc1ccc2c3c(C(C)(C)C)cccc3n(-c3ccccc3OC)c2c1. The number of aromatic nitrogens is 1. The highest BCUT2D eigenvalue weighted by atomic mass is 16.5. The summed E-state index contributed by atoms with van der Waals surface area (Å²) in [5.74, 6) is 1.69. The van der Waals surface area contributed by atoms with Gasteiger partial charge in [0.15, 0.2) is 0 Å². The van der Waals surface area contributed by atoms with Gasteiger partial charge in [-0.05, 0) is 41.3 Å². The normalized spacial score (nSPS) is 11.9. The molecule has 0 radical (unpaired) electrons. The van der Waals surface area contributed by atoms with Crippen LogP contribution in [0.1, 0.15) is 26.3 Å². The van der Waals surface area contributed by atoms with Crippen LogP contribution in [0.3, 0.4) is 0 Å². The summed E-state index contributed by atoms with van der Waals surface area (Å²) in [6.07, 6.45) is 0. The average molecular weight is 359 g/mol. The summed E-state index contributed by atoms with van der Waals surface area (Å²) >= 11 is 0. The van der Waals surface area contributed by atoms with Gasteiger partial charge in [0, 0.05) is 16.8 Å². The molecule has 1 heterocycles. The molecule has 0 N–H and O–H groups in total. The van der Waals surface area contributed by atoms with E-state index in [9.17, 15) is 0 Å². The lowest BCUT2D eigenvalue weighted by atomic mass is 9.84. The van der Waals surface area contributed by atoms with E-state index in [1.54, 1.807) is 14.2 Å². The van der Waals surface area contributed by atoms with Gasteiger partial charge in [-0.2, -0.15) is 0 Å². The minimum Gasteiger partial charge on any atom is -0.497 e. The topological polar surface area (TPSA) is 23.4 Å². The first kappa shape index (κ1) is 17.5. The Hall–Kier alpha value is -2.94. The summed E-state index contributed by atoms with van der Waals surface area (Å²) in [7, 11) is 3.42. The zero-order chi connectivity index (χ0) is 19.2. The highest BCUT2D eigenvalue weighted by Crippen LogP contribution is 2.41. The average Bonchev–Trinajstić information content (AvgIpc) is 3.00. The quantitative estimate of drug-likeness (QED) is 0.441. The van der Waals surface area contributed by atoms with Gasteiger partial charge in [0.05, 0.1) is 30.9 Å². The first-order chi connectivity index (χ1) is 13.0. The van der Waals surface area contributed by atoms with Crippen LogP contribution < -0.4 is 9.47 Å². The Morgan fingerprint density at radius 1 is 0.778 bits per heavy atom. The highest BCUT2D eigenvalue weighted by molar-refractivity contribution is 6.11. The van der Waals surface area contributed by atoms with Crippen molar-refractivity contribution in [3.63, 3.8) is 0 Å². The third-order valence-electron chi connectivity index (χ3n) is 5.13. The Morgan fingerprint density at radius 3 is 2.26 bits per heavy atom. The van der Waals surface area contributed by atoms with E-state index in [1.165, 1.54) is 21.9 Å². The molecular formula is C24H25NO2. The van der Waals surface area contributed by atoms with Gasteiger partial charge in [-0.25, -0.2) is 0 Å². The maximum Gasteiger partial charge on any atom is 0.142 e. The molecule has 4 aromatic rings. The van der Waals surface area contributed by atoms with E-state index >= 15 is 0 Å². The van der Waals surface area contributed by atoms with Crippen LogP contribution in [0.4, 0.5) is 0 Å².